The highest BCUT2D eigenvalue weighted by atomic mass is 19.1. The van der Waals surface area contributed by atoms with Gasteiger partial charge in [-0.25, -0.2) is 4.39 Å². The average Bonchev–Trinajstić information content (AvgIpc) is 2.91. The fourth-order valence-electron chi connectivity index (χ4n) is 3.31. The molecule has 0 aromatic heterocycles. The molecule has 3 heteroatoms. The Labute approximate surface area is 100 Å². The van der Waals surface area contributed by atoms with E-state index in [1.54, 1.807) is 12.1 Å². The zero-order valence-electron chi connectivity index (χ0n) is 9.66. The molecule has 2 aliphatic carbocycles. The number of halogens is 1. The first-order valence-electron chi connectivity index (χ1n) is 6.29. The summed E-state index contributed by atoms with van der Waals surface area (Å²) in [5.74, 6) is 0.704. The lowest BCUT2D eigenvalue weighted by Crippen LogP contribution is -2.38. The van der Waals surface area contributed by atoms with Crippen LogP contribution in [0.3, 0.4) is 0 Å². The van der Waals surface area contributed by atoms with Crippen molar-refractivity contribution in [1.29, 1.82) is 0 Å². The highest BCUT2D eigenvalue weighted by Crippen LogP contribution is 2.44. The number of rotatable bonds is 2. The minimum Gasteiger partial charge on any atom is -0.349 e. The van der Waals surface area contributed by atoms with Gasteiger partial charge in [-0.05, 0) is 43.2 Å². The van der Waals surface area contributed by atoms with E-state index in [2.05, 4.69) is 5.32 Å². The van der Waals surface area contributed by atoms with Crippen molar-refractivity contribution in [3.8, 4) is 0 Å². The minimum absolute atomic E-state index is 0.162. The van der Waals surface area contributed by atoms with Crippen LogP contribution in [0.4, 0.5) is 4.39 Å². The first kappa shape index (κ1) is 10.8. The van der Waals surface area contributed by atoms with Crippen LogP contribution in [0.5, 0.6) is 0 Å². The smallest absolute Gasteiger partial charge is 0.254 e. The van der Waals surface area contributed by atoms with Crippen LogP contribution >= 0.6 is 0 Å². The van der Waals surface area contributed by atoms with Crippen LogP contribution in [-0.4, -0.2) is 11.9 Å². The van der Waals surface area contributed by atoms with Gasteiger partial charge in [-0.15, -0.1) is 0 Å². The molecule has 2 aliphatic rings. The van der Waals surface area contributed by atoms with Crippen LogP contribution in [0.25, 0.3) is 0 Å². The number of hydrogen-bond donors (Lipinski definition) is 1. The number of hydrogen-bond acceptors (Lipinski definition) is 1. The quantitative estimate of drug-likeness (QED) is 0.836. The van der Waals surface area contributed by atoms with Gasteiger partial charge in [0.25, 0.3) is 5.91 Å². The van der Waals surface area contributed by atoms with E-state index in [9.17, 15) is 9.18 Å². The van der Waals surface area contributed by atoms with Crippen molar-refractivity contribution < 1.29 is 9.18 Å². The number of benzene rings is 1. The van der Waals surface area contributed by atoms with E-state index >= 15 is 0 Å². The predicted octanol–water partition coefficient (Wildman–Crippen LogP) is 2.74. The molecule has 0 heterocycles. The highest BCUT2D eigenvalue weighted by Gasteiger charge is 2.40. The van der Waals surface area contributed by atoms with E-state index in [-0.39, 0.29) is 17.5 Å². The lowest BCUT2D eigenvalue weighted by Gasteiger charge is -2.22. The van der Waals surface area contributed by atoms with Crippen LogP contribution in [0.15, 0.2) is 24.3 Å². The molecule has 2 fully saturated rings. The first-order chi connectivity index (χ1) is 8.24. The molecule has 17 heavy (non-hydrogen) atoms. The molecule has 2 nitrogen and oxygen atoms in total. The lowest BCUT2D eigenvalue weighted by molar-refractivity contribution is 0.0919. The highest BCUT2D eigenvalue weighted by molar-refractivity contribution is 5.94. The van der Waals surface area contributed by atoms with Gasteiger partial charge in [0.1, 0.15) is 5.82 Å². The van der Waals surface area contributed by atoms with Crippen LogP contribution in [0.2, 0.25) is 0 Å². The van der Waals surface area contributed by atoms with Crippen LogP contribution in [0.1, 0.15) is 36.0 Å². The van der Waals surface area contributed by atoms with Gasteiger partial charge in [0.05, 0.1) is 5.56 Å². The molecule has 0 aliphatic heterocycles. The fraction of sp³-hybridized carbons (Fsp3) is 0.500. The van der Waals surface area contributed by atoms with Gasteiger partial charge in [0.15, 0.2) is 0 Å². The third kappa shape index (κ3) is 1.94. The maximum Gasteiger partial charge on any atom is 0.254 e. The third-order valence-electron chi connectivity index (χ3n) is 4.17. The molecule has 3 atom stereocenters. The number of carbonyl (C=O) groups is 1. The summed E-state index contributed by atoms with van der Waals surface area (Å²) in [6.45, 7) is 0. The zero-order chi connectivity index (χ0) is 11.8. The molecule has 1 aromatic carbocycles. The van der Waals surface area contributed by atoms with E-state index in [0.29, 0.717) is 5.92 Å². The van der Waals surface area contributed by atoms with Crippen molar-refractivity contribution >= 4 is 5.91 Å². The Hall–Kier alpha value is -1.38. The van der Waals surface area contributed by atoms with E-state index in [1.165, 1.54) is 31.4 Å². The SMILES string of the molecule is O=C(N[C@@H]1C[C@H]2CC[C@@H]1C2)c1ccccc1F. The maximum absolute atomic E-state index is 13.4. The van der Waals surface area contributed by atoms with E-state index in [4.69, 9.17) is 0 Å². The van der Waals surface area contributed by atoms with Gasteiger partial charge < -0.3 is 5.32 Å². The Balaban J connectivity index is 1.70. The molecule has 0 spiro atoms. The van der Waals surface area contributed by atoms with Gasteiger partial charge in [-0.3, -0.25) is 4.79 Å². The summed E-state index contributed by atoms with van der Waals surface area (Å²) in [6.07, 6.45) is 4.83. The largest absolute Gasteiger partial charge is 0.349 e. The summed E-state index contributed by atoms with van der Waals surface area (Å²) in [4.78, 5) is 11.9. The second kappa shape index (κ2) is 4.13. The number of carbonyl (C=O) groups excluding carboxylic acids is 1. The molecule has 0 saturated heterocycles. The van der Waals surface area contributed by atoms with E-state index < -0.39 is 5.82 Å². The molecule has 0 radical (unpaired) electrons. The van der Waals surface area contributed by atoms with E-state index in [0.717, 1.165) is 12.3 Å². The van der Waals surface area contributed by atoms with Crippen molar-refractivity contribution in [1.82, 2.24) is 5.32 Å². The molecule has 1 aromatic rings. The molecular formula is C14H16FNO. The van der Waals surface area contributed by atoms with Gasteiger partial charge in [-0.2, -0.15) is 0 Å². The molecule has 1 N–H and O–H groups in total. The number of fused-ring (bicyclic) bond motifs is 2. The topological polar surface area (TPSA) is 29.1 Å². The summed E-state index contributed by atoms with van der Waals surface area (Å²) in [7, 11) is 0. The summed E-state index contributed by atoms with van der Waals surface area (Å²) in [5, 5.41) is 2.99. The Bertz CT molecular complexity index is 446. The second-order valence-electron chi connectivity index (χ2n) is 5.23. The van der Waals surface area contributed by atoms with Crippen molar-refractivity contribution in [2.45, 2.75) is 31.7 Å². The molecule has 90 valence electrons. The standard InChI is InChI=1S/C14H16FNO/c15-12-4-2-1-3-11(12)14(17)16-13-8-9-5-6-10(13)7-9/h1-4,9-10,13H,5-8H2,(H,16,17)/t9-,10+,13+/m0/s1. The minimum atomic E-state index is -0.437. The molecule has 0 unspecified atom stereocenters. The van der Waals surface area contributed by atoms with Crippen molar-refractivity contribution in [3.63, 3.8) is 0 Å². The Morgan fingerprint density at radius 1 is 1.24 bits per heavy atom. The summed E-state index contributed by atoms with van der Waals surface area (Å²) in [5.41, 5.74) is 0.162. The fourth-order valence-corrected chi connectivity index (χ4v) is 3.31. The van der Waals surface area contributed by atoms with Crippen LogP contribution in [-0.2, 0) is 0 Å². The van der Waals surface area contributed by atoms with Crippen molar-refractivity contribution in [2.75, 3.05) is 0 Å². The monoisotopic (exact) mass is 233 g/mol. The van der Waals surface area contributed by atoms with Crippen molar-refractivity contribution in [2.24, 2.45) is 11.8 Å². The number of amides is 1. The molecule has 2 saturated carbocycles. The van der Waals surface area contributed by atoms with Gasteiger partial charge in [0.2, 0.25) is 0 Å². The molecule has 3 rings (SSSR count). The molecule has 1 amide bonds. The first-order valence-corrected chi connectivity index (χ1v) is 6.29. The second-order valence-corrected chi connectivity index (χ2v) is 5.23. The molecule has 2 bridgehead atoms. The van der Waals surface area contributed by atoms with Crippen LogP contribution < -0.4 is 5.32 Å². The van der Waals surface area contributed by atoms with Crippen LogP contribution in [0, 0.1) is 17.7 Å². The zero-order valence-corrected chi connectivity index (χ0v) is 9.66. The normalized spacial score (nSPS) is 30.5. The Kier molecular flexibility index (Phi) is 2.61. The summed E-state index contributed by atoms with van der Waals surface area (Å²) in [6, 6.07) is 6.43. The summed E-state index contributed by atoms with van der Waals surface area (Å²) < 4.78 is 13.4. The van der Waals surface area contributed by atoms with Gasteiger partial charge in [0, 0.05) is 6.04 Å². The predicted molar refractivity (Wildman–Crippen MR) is 63.1 cm³/mol. The lowest BCUT2D eigenvalue weighted by atomic mass is 9.95. The summed E-state index contributed by atoms with van der Waals surface area (Å²) >= 11 is 0. The molecular weight excluding hydrogens is 217 g/mol. The average molecular weight is 233 g/mol. The Morgan fingerprint density at radius 2 is 2.06 bits per heavy atom. The third-order valence-corrected chi connectivity index (χ3v) is 4.17. The van der Waals surface area contributed by atoms with E-state index in [1.807, 2.05) is 0 Å². The van der Waals surface area contributed by atoms with Gasteiger partial charge >= 0.3 is 0 Å². The number of nitrogens with one attached hydrogen (secondary N) is 1. The van der Waals surface area contributed by atoms with Crippen molar-refractivity contribution in [3.05, 3.63) is 35.6 Å². The van der Waals surface area contributed by atoms with Gasteiger partial charge in [-0.1, -0.05) is 18.6 Å². The Morgan fingerprint density at radius 3 is 2.71 bits per heavy atom. The maximum atomic E-state index is 13.4.